The molecule has 1 unspecified atom stereocenters. The van der Waals surface area contributed by atoms with Gasteiger partial charge in [0.05, 0.1) is 25.1 Å². The minimum atomic E-state index is -0.520. The van der Waals surface area contributed by atoms with E-state index in [4.69, 9.17) is 9.47 Å². The lowest BCUT2D eigenvalue weighted by Gasteiger charge is -2.25. The van der Waals surface area contributed by atoms with Crippen LogP contribution in [-0.4, -0.2) is 41.4 Å². The van der Waals surface area contributed by atoms with Crippen molar-refractivity contribution in [3.63, 3.8) is 0 Å². The number of amides is 1. The zero-order chi connectivity index (χ0) is 14.6. The normalized spacial score (nSPS) is 18.8. The molecule has 2 rings (SSSR count). The van der Waals surface area contributed by atoms with Gasteiger partial charge in [-0.15, -0.1) is 0 Å². The first kappa shape index (κ1) is 14.9. The Kier molecular flexibility index (Phi) is 4.67. The first-order valence-corrected chi connectivity index (χ1v) is 6.83. The largest absolute Gasteiger partial charge is 0.350 e. The SMILES string of the molecule is Cc1cnc(C(=O)NCC(C)CC2(C)OCCO2)cn1. The fourth-order valence-electron chi connectivity index (χ4n) is 2.25. The summed E-state index contributed by atoms with van der Waals surface area (Å²) in [6.45, 7) is 7.64. The average Bonchev–Trinajstić information content (AvgIpc) is 2.83. The summed E-state index contributed by atoms with van der Waals surface area (Å²) in [5.41, 5.74) is 1.13. The summed E-state index contributed by atoms with van der Waals surface area (Å²) in [7, 11) is 0. The van der Waals surface area contributed by atoms with E-state index in [0.717, 1.165) is 12.1 Å². The third-order valence-corrected chi connectivity index (χ3v) is 3.24. The maximum absolute atomic E-state index is 11.9. The first-order valence-electron chi connectivity index (χ1n) is 6.83. The van der Waals surface area contributed by atoms with Crippen molar-refractivity contribution in [2.75, 3.05) is 19.8 Å². The van der Waals surface area contributed by atoms with Crippen molar-refractivity contribution in [3.8, 4) is 0 Å². The van der Waals surface area contributed by atoms with Gasteiger partial charge in [-0.25, -0.2) is 4.98 Å². The van der Waals surface area contributed by atoms with Gasteiger partial charge in [-0.05, 0) is 19.8 Å². The second-order valence-electron chi connectivity index (χ2n) is 5.39. The van der Waals surface area contributed by atoms with Crippen LogP contribution in [0.1, 0.15) is 36.5 Å². The number of nitrogens with one attached hydrogen (secondary N) is 1. The molecule has 1 aliphatic heterocycles. The second kappa shape index (κ2) is 6.28. The molecule has 1 aromatic heterocycles. The Morgan fingerprint density at radius 2 is 2.10 bits per heavy atom. The van der Waals surface area contributed by atoms with Crippen LogP contribution in [0.5, 0.6) is 0 Å². The van der Waals surface area contributed by atoms with Crippen LogP contribution >= 0.6 is 0 Å². The van der Waals surface area contributed by atoms with Gasteiger partial charge in [-0.1, -0.05) is 6.92 Å². The van der Waals surface area contributed by atoms with Crippen LogP contribution in [0.2, 0.25) is 0 Å². The van der Waals surface area contributed by atoms with Gasteiger partial charge in [0.2, 0.25) is 0 Å². The van der Waals surface area contributed by atoms with Crippen LogP contribution in [-0.2, 0) is 9.47 Å². The van der Waals surface area contributed by atoms with Crippen LogP contribution in [0.25, 0.3) is 0 Å². The smallest absolute Gasteiger partial charge is 0.271 e. The maximum atomic E-state index is 11.9. The van der Waals surface area contributed by atoms with E-state index in [9.17, 15) is 4.79 Å². The molecule has 0 saturated carbocycles. The van der Waals surface area contributed by atoms with E-state index < -0.39 is 5.79 Å². The Labute approximate surface area is 118 Å². The van der Waals surface area contributed by atoms with E-state index in [1.165, 1.54) is 6.20 Å². The number of aromatic nitrogens is 2. The molecule has 0 aromatic carbocycles. The molecule has 1 fully saturated rings. The van der Waals surface area contributed by atoms with Gasteiger partial charge in [0, 0.05) is 19.2 Å². The molecule has 0 radical (unpaired) electrons. The van der Waals surface area contributed by atoms with Crippen molar-refractivity contribution in [1.82, 2.24) is 15.3 Å². The fourth-order valence-corrected chi connectivity index (χ4v) is 2.25. The highest BCUT2D eigenvalue weighted by Gasteiger charge is 2.32. The number of carbonyl (C=O) groups excluding carboxylic acids is 1. The number of hydrogen-bond acceptors (Lipinski definition) is 5. The summed E-state index contributed by atoms with van der Waals surface area (Å²) in [6.07, 6.45) is 3.81. The molecule has 1 amide bonds. The van der Waals surface area contributed by atoms with Gasteiger partial charge in [-0.3, -0.25) is 9.78 Å². The fraction of sp³-hybridized carbons (Fsp3) is 0.643. The summed E-state index contributed by atoms with van der Waals surface area (Å²) in [6, 6.07) is 0. The average molecular weight is 279 g/mol. The molecule has 1 aliphatic rings. The predicted molar refractivity (Wildman–Crippen MR) is 73.2 cm³/mol. The van der Waals surface area contributed by atoms with Gasteiger partial charge in [0.25, 0.3) is 5.91 Å². The monoisotopic (exact) mass is 279 g/mol. The van der Waals surface area contributed by atoms with Crippen LogP contribution in [0.15, 0.2) is 12.4 Å². The van der Waals surface area contributed by atoms with E-state index in [-0.39, 0.29) is 11.8 Å². The van der Waals surface area contributed by atoms with E-state index in [1.54, 1.807) is 6.20 Å². The standard InChI is InChI=1S/C14H21N3O3/c1-10(6-14(3)19-4-5-20-14)7-17-13(18)12-9-15-11(2)8-16-12/h8-10H,4-7H2,1-3H3,(H,17,18). The first-order chi connectivity index (χ1) is 9.48. The van der Waals surface area contributed by atoms with Crippen molar-refractivity contribution >= 4 is 5.91 Å². The number of ether oxygens (including phenoxy) is 2. The number of aryl methyl sites for hydroxylation is 1. The summed E-state index contributed by atoms with van der Waals surface area (Å²) >= 11 is 0. The van der Waals surface area contributed by atoms with Crippen molar-refractivity contribution in [2.45, 2.75) is 33.0 Å². The maximum Gasteiger partial charge on any atom is 0.271 e. The molecule has 1 atom stereocenters. The summed E-state index contributed by atoms with van der Waals surface area (Å²) in [5.74, 6) is -0.475. The summed E-state index contributed by atoms with van der Waals surface area (Å²) in [4.78, 5) is 20.0. The Bertz CT molecular complexity index is 455. The lowest BCUT2D eigenvalue weighted by atomic mass is 10.0. The Hall–Kier alpha value is -1.53. The molecule has 20 heavy (non-hydrogen) atoms. The minimum absolute atomic E-state index is 0.206. The quantitative estimate of drug-likeness (QED) is 0.879. The minimum Gasteiger partial charge on any atom is -0.350 e. The van der Waals surface area contributed by atoms with Gasteiger partial charge in [0.1, 0.15) is 5.69 Å². The number of rotatable bonds is 5. The van der Waals surface area contributed by atoms with E-state index in [0.29, 0.717) is 25.5 Å². The predicted octanol–water partition coefficient (Wildman–Crippen LogP) is 1.30. The van der Waals surface area contributed by atoms with Crippen molar-refractivity contribution in [3.05, 3.63) is 23.8 Å². The molecular weight excluding hydrogens is 258 g/mol. The summed E-state index contributed by atoms with van der Waals surface area (Å²) in [5, 5.41) is 2.86. The van der Waals surface area contributed by atoms with Crippen molar-refractivity contribution in [2.24, 2.45) is 5.92 Å². The molecule has 2 heterocycles. The van der Waals surface area contributed by atoms with Crippen molar-refractivity contribution in [1.29, 1.82) is 0 Å². The molecule has 0 aliphatic carbocycles. The molecule has 0 bridgehead atoms. The van der Waals surface area contributed by atoms with Gasteiger partial charge in [0.15, 0.2) is 5.79 Å². The highest BCUT2D eigenvalue weighted by molar-refractivity contribution is 5.91. The molecule has 6 heteroatoms. The molecule has 0 spiro atoms. The summed E-state index contributed by atoms with van der Waals surface area (Å²) < 4.78 is 11.1. The lowest BCUT2D eigenvalue weighted by molar-refractivity contribution is -0.153. The number of hydrogen-bond donors (Lipinski definition) is 1. The Balaban J connectivity index is 1.79. The zero-order valence-corrected chi connectivity index (χ0v) is 12.2. The highest BCUT2D eigenvalue weighted by Crippen LogP contribution is 2.26. The Morgan fingerprint density at radius 3 is 2.70 bits per heavy atom. The van der Waals surface area contributed by atoms with Gasteiger partial charge in [-0.2, -0.15) is 0 Å². The van der Waals surface area contributed by atoms with Crippen LogP contribution in [0, 0.1) is 12.8 Å². The molecule has 110 valence electrons. The Morgan fingerprint density at radius 1 is 1.40 bits per heavy atom. The topological polar surface area (TPSA) is 73.3 Å². The lowest BCUT2D eigenvalue weighted by Crippen LogP contribution is -2.34. The van der Waals surface area contributed by atoms with Crippen LogP contribution < -0.4 is 5.32 Å². The van der Waals surface area contributed by atoms with Crippen molar-refractivity contribution < 1.29 is 14.3 Å². The third-order valence-electron chi connectivity index (χ3n) is 3.24. The van der Waals surface area contributed by atoms with E-state index in [2.05, 4.69) is 22.2 Å². The molecule has 1 aromatic rings. The molecule has 1 N–H and O–H groups in total. The van der Waals surface area contributed by atoms with Crippen LogP contribution in [0.3, 0.4) is 0 Å². The molecule has 1 saturated heterocycles. The second-order valence-corrected chi connectivity index (χ2v) is 5.39. The van der Waals surface area contributed by atoms with E-state index >= 15 is 0 Å². The van der Waals surface area contributed by atoms with Crippen LogP contribution in [0.4, 0.5) is 0 Å². The zero-order valence-electron chi connectivity index (χ0n) is 12.2. The van der Waals surface area contributed by atoms with E-state index in [1.807, 2.05) is 13.8 Å². The number of carbonyl (C=O) groups is 1. The molecule has 6 nitrogen and oxygen atoms in total. The number of nitrogens with zero attached hydrogens (tertiary/aromatic N) is 2. The molecular formula is C14H21N3O3. The van der Waals surface area contributed by atoms with Gasteiger partial charge >= 0.3 is 0 Å². The highest BCUT2D eigenvalue weighted by atomic mass is 16.7. The van der Waals surface area contributed by atoms with Gasteiger partial charge < -0.3 is 14.8 Å². The third kappa shape index (κ3) is 3.98.